The quantitative estimate of drug-likeness (QED) is 0.156. The Hall–Kier alpha value is -7.20. The first-order chi connectivity index (χ1) is 28.3. The molecule has 9 aromatic carbocycles. The van der Waals surface area contributed by atoms with E-state index in [-0.39, 0.29) is 0 Å². The van der Waals surface area contributed by atoms with Crippen LogP contribution in [-0.2, 0) is 0 Å². The van der Waals surface area contributed by atoms with Crippen LogP contribution in [0.15, 0.2) is 218 Å². The molecule has 0 bridgehead atoms. The van der Waals surface area contributed by atoms with Gasteiger partial charge in [0.1, 0.15) is 0 Å². The normalized spacial score (nSPS) is 13.1. The van der Waals surface area contributed by atoms with Gasteiger partial charge in [-0.15, -0.1) is 0 Å². The lowest BCUT2D eigenvalue weighted by Gasteiger charge is -2.31. The van der Waals surface area contributed by atoms with E-state index in [1.54, 1.807) is 0 Å². The molecule has 0 aliphatic carbocycles. The Balaban J connectivity index is 1.04. The van der Waals surface area contributed by atoms with Crippen LogP contribution in [0.2, 0.25) is 0 Å². The number of rotatable bonds is 5. The number of hydrogen-bond acceptors (Lipinski definition) is 0. The van der Waals surface area contributed by atoms with Gasteiger partial charge in [-0.05, 0) is 104 Å². The standard InChI is InChI=1S/C54H36N2Si/c1-4-16-39(17-5-1)55-49-25-13-10-22-43(49)46-34-37(28-31-51(46)55)38-29-32-52-47(35-38)44-23-11-14-26-50(44)56(52)40-30-33-54-48(36-40)45-24-12-15-27-53(45)57(54,41-18-6-2-7-19-41)42-20-8-3-9-21-42/h1-36H. The second kappa shape index (κ2) is 12.4. The summed E-state index contributed by atoms with van der Waals surface area (Å²) in [7, 11) is -2.55. The summed E-state index contributed by atoms with van der Waals surface area (Å²) in [5.74, 6) is 0. The minimum Gasteiger partial charge on any atom is -0.309 e. The molecule has 0 atom stereocenters. The van der Waals surface area contributed by atoms with Crippen molar-refractivity contribution >= 4 is 72.4 Å². The van der Waals surface area contributed by atoms with Crippen LogP contribution in [0.4, 0.5) is 0 Å². The second-order valence-corrected chi connectivity index (χ2v) is 19.0. The van der Waals surface area contributed by atoms with Crippen LogP contribution in [0.5, 0.6) is 0 Å². The highest BCUT2D eigenvalue weighted by Crippen LogP contribution is 2.39. The topological polar surface area (TPSA) is 9.86 Å². The Morgan fingerprint density at radius 2 is 0.737 bits per heavy atom. The van der Waals surface area contributed by atoms with E-state index < -0.39 is 8.07 Å². The predicted molar refractivity (Wildman–Crippen MR) is 243 cm³/mol. The molecule has 0 saturated heterocycles. The van der Waals surface area contributed by atoms with Gasteiger partial charge in [0, 0.05) is 32.9 Å². The Bertz CT molecular complexity index is 3300. The first-order valence-electron chi connectivity index (χ1n) is 19.8. The maximum Gasteiger partial charge on any atom is 0.180 e. The highest BCUT2D eigenvalue weighted by molar-refractivity contribution is 7.22. The van der Waals surface area contributed by atoms with Gasteiger partial charge >= 0.3 is 0 Å². The molecule has 1 aliphatic rings. The molecular formula is C54H36N2Si. The molecule has 0 radical (unpaired) electrons. The molecule has 0 unspecified atom stereocenters. The highest BCUT2D eigenvalue weighted by atomic mass is 28.3. The number of para-hydroxylation sites is 3. The summed E-state index contributed by atoms with van der Waals surface area (Å²) in [6.07, 6.45) is 0. The van der Waals surface area contributed by atoms with Crippen molar-refractivity contribution in [3.63, 3.8) is 0 Å². The van der Waals surface area contributed by atoms with Crippen LogP contribution in [0.1, 0.15) is 0 Å². The second-order valence-electron chi connectivity index (χ2n) is 15.3. The van der Waals surface area contributed by atoms with Crippen molar-refractivity contribution in [2.24, 2.45) is 0 Å². The predicted octanol–water partition coefficient (Wildman–Crippen LogP) is 10.9. The summed E-state index contributed by atoms with van der Waals surface area (Å²) in [6, 6.07) is 81.2. The average molecular weight is 741 g/mol. The summed E-state index contributed by atoms with van der Waals surface area (Å²) >= 11 is 0. The minimum atomic E-state index is -2.55. The van der Waals surface area contributed by atoms with E-state index in [2.05, 4.69) is 228 Å². The molecule has 266 valence electrons. The maximum atomic E-state index is 2.47. The van der Waals surface area contributed by atoms with Crippen LogP contribution in [0, 0.1) is 0 Å². The molecule has 2 nitrogen and oxygen atoms in total. The molecule has 3 heterocycles. The molecule has 2 aromatic heterocycles. The fourth-order valence-corrected chi connectivity index (χ4v) is 15.2. The van der Waals surface area contributed by atoms with Crippen LogP contribution in [-0.4, -0.2) is 17.2 Å². The molecule has 12 rings (SSSR count). The van der Waals surface area contributed by atoms with Gasteiger partial charge in [-0.3, -0.25) is 0 Å². The van der Waals surface area contributed by atoms with Gasteiger partial charge in [-0.2, -0.15) is 0 Å². The number of hydrogen-bond donors (Lipinski definition) is 0. The van der Waals surface area contributed by atoms with E-state index in [9.17, 15) is 0 Å². The van der Waals surface area contributed by atoms with E-state index >= 15 is 0 Å². The third-order valence-electron chi connectivity index (χ3n) is 12.4. The Morgan fingerprint density at radius 1 is 0.281 bits per heavy atom. The molecule has 0 amide bonds. The Labute approximate surface area is 332 Å². The molecule has 0 fully saturated rings. The van der Waals surface area contributed by atoms with Gasteiger partial charge in [-0.1, -0.05) is 158 Å². The van der Waals surface area contributed by atoms with Crippen LogP contribution >= 0.6 is 0 Å². The van der Waals surface area contributed by atoms with E-state index in [1.807, 2.05) is 0 Å². The zero-order valence-electron chi connectivity index (χ0n) is 31.2. The third-order valence-corrected chi connectivity index (χ3v) is 17.3. The fourth-order valence-electron chi connectivity index (χ4n) is 10.0. The van der Waals surface area contributed by atoms with Gasteiger partial charge in [0.2, 0.25) is 0 Å². The lowest BCUT2D eigenvalue weighted by molar-refractivity contribution is 1.18. The summed E-state index contributed by atoms with van der Waals surface area (Å²) in [6.45, 7) is 0. The van der Waals surface area contributed by atoms with Gasteiger partial charge in [-0.25, -0.2) is 0 Å². The van der Waals surface area contributed by atoms with Crippen molar-refractivity contribution in [2.45, 2.75) is 0 Å². The SMILES string of the molecule is c1ccc(-n2c3ccccc3c3cc(-c4ccc5c(c4)c4ccccc4n5-c4ccc5c(c4)-c4ccccc4[Si]5(c4ccccc4)c4ccccc4)ccc32)cc1. The lowest BCUT2D eigenvalue weighted by Crippen LogP contribution is -2.72. The van der Waals surface area contributed by atoms with Gasteiger partial charge in [0.05, 0.1) is 22.1 Å². The average Bonchev–Trinajstić information content (AvgIpc) is 3.91. The third kappa shape index (κ3) is 4.58. The zero-order valence-corrected chi connectivity index (χ0v) is 32.2. The molecular weight excluding hydrogens is 705 g/mol. The molecule has 11 aromatic rings. The molecule has 3 heteroatoms. The van der Waals surface area contributed by atoms with Crippen molar-refractivity contribution in [1.29, 1.82) is 0 Å². The van der Waals surface area contributed by atoms with Crippen molar-refractivity contribution in [3.05, 3.63) is 218 Å². The van der Waals surface area contributed by atoms with Crippen LogP contribution < -0.4 is 20.7 Å². The van der Waals surface area contributed by atoms with E-state index in [4.69, 9.17) is 0 Å². The van der Waals surface area contributed by atoms with Gasteiger partial charge in [0.15, 0.2) is 8.07 Å². The monoisotopic (exact) mass is 740 g/mol. The molecule has 1 aliphatic heterocycles. The van der Waals surface area contributed by atoms with Crippen LogP contribution in [0.3, 0.4) is 0 Å². The first-order valence-corrected chi connectivity index (χ1v) is 21.8. The van der Waals surface area contributed by atoms with Gasteiger partial charge < -0.3 is 9.13 Å². The summed E-state index contributed by atoms with van der Waals surface area (Å²) in [4.78, 5) is 0. The zero-order chi connectivity index (χ0) is 37.5. The first kappa shape index (κ1) is 32.1. The lowest BCUT2D eigenvalue weighted by atomic mass is 10.0. The van der Waals surface area contributed by atoms with Gasteiger partial charge in [0.25, 0.3) is 0 Å². The van der Waals surface area contributed by atoms with E-state index in [0.29, 0.717) is 0 Å². The number of aromatic nitrogens is 2. The summed E-state index contributed by atoms with van der Waals surface area (Å²) in [5, 5.41) is 10.8. The molecule has 57 heavy (non-hydrogen) atoms. The smallest absolute Gasteiger partial charge is 0.180 e. The Morgan fingerprint density at radius 3 is 1.33 bits per heavy atom. The van der Waals surface area contributed by atoms with Crippen LogP contribution in [0.25, 0.3) is 77.2 Å². The molecule has 0 saturated carbocycles. The molecule has 0 spiro atoms. The van der Waals surface area contributed by atoms with Crippen molar-refractivity contribution in [2.75, 3.05) is 0 Å². The largest absolute Gasteiger partial charge is 0.309 e. The number of benzene rings is 9. The van der Waals surface area contributed by atoms with E-state index in [0.717, 1.165) is 0 Å². The summed E-state index contributed by atoms with van der Waals surface area (Å²) < 4.78 is 4.85. The number of fused-ring (bicyclic) bond motifs is 9. The Kier molecular flexibility index (Phi) is 6.98. The van der Waals surface area contributed by atoms with E-state index in [1.165, 1.54) is 98.0 Å². The van der Waals surface area contributed by atoms with Crippen molar-refractivity contribution < 1.29 is 0 Å². The fraction of sp³-hybridized carbons (Fsp3) is 0. The maximum absolute atomic E-state index is 2.55. The summed E-state index contributed by atoms with van der Waals surface area (Å²) in [5.41, 5.74) is 12.3. The van der Waals surface area contributed by atoms with Crippen molar-refractivity contribution in [1.82, 2.24) is 9.13 Å². The highest BCUT2D eigenvalue weighted by Gasteiger charge is 2.48. The van der Waals surface area contributed by atoms with Crippen molar-refractivity contribution in [3.8, 4) is 33.6 Å². The number of nitrogens with zero attached hydrogens (tertiary/aromatic N) is 2. The minimum absolute atomic E-state index is 1.17. The molecule has 0 N–H and O–H groups in total.